The van der Waals surface area contributed by atoms with Crippen LogP contribution in [0.4, 0.5) is 10.1 Å². The average Bonchev–Trinajstić information content (AvgIpc) is 2.67. The Balaban J connectivity index is 2.09. The number of nitrogens with zero attached hydrogens (tertiary/aromatic N) is 1. The summed E-state index contributed by atoms with van der Waals surface area (Å²) in [4.78, 5) is 9.79. The van der Waals surface area contributed by atoms with Gasteiger partial charge in [-0.3, -0.25) is 10.1 Å². The van der Waals surface area contributed by atoms with Gasteiger partial charge in [0.1, 0.15) is 6.10 Å². The van der Waals surface area contributed by atoms with Gasteiger partial charge >= 0.3 is 0 Å². The predicted molar refractivity (Wildman–Crippen MR) is 59.3 cm³/mol. The lowest BCUT2D eigenvalue weighted by molar-refractivity contribution is -0.385. The lowest BCUT2D eigenvalue weighted by atomic mass is 10.2. The first kappa shape index (κ1) is 11.8. The van der Waals surface area contributed by atoms with Crippen LogP contribution in [0.15, 0.2) is 18.2 Å². The Kier molecular flexibility index (Phi) is 3.23. The summed E-state index contributed by atoms with van der Waals surface area (Å²) in [5, 5.41) is 10.4. The number of ether oxygens (including phenoxy) is 1. The van der Waals surface area contributed by atoms with E-state index in [1.807, 2.05) is 0 Å². The lowest BCUT2D eigenvalue weighted by Gasteiger charge is -2.13. The van der Waals surface area contributed by atoms with Gasteiger partial charge in [0.25, 0.3) is 5.69 Å². The van der Waals surface area contributed by atoms with Gasteiger partial charge in [0.2, 0.25) is 0 Å². The van der Waals surface area contributed by atoms with E-state index in [0.717, 1.165) is 18.9 Å². The van der Waals surface area contributed by atoms with Crippen LogP contribution in [0.25, 0.3) is 0 Å². The molecule has 5 nitrogen and oxygen atoms in total. The van der Waals surface area contributed by atoms with Gasteiger partial charge in [0, 0.05) is 12.1 Å². The van der Waals surface area contributed by atoms with Gasteiger partial charge in [-0.25, -0.2) is 4.39 Å². The molecule has 0 bridgehead atoms. The fourth-order valence-electron chi connectivity index (χ4n) is 1.96. The molecule has 1 aromatic carbocycles. The second-order valence-electron chi connectivity index (χ2n) is 4.18. The number of halogens is 1. The Labute approximate surface area is 97.5 Å². The minimum atomic E-state index is -0.709. The Morgan fingerprint density at radius 2 is 2.24 bits per heavy atom. The van der Waals surface area contributed by atoms with Crippen LogP contribution in [0.2, 0.25) is 0 Å². The van der Waals surface area contributed by atoms with E-state index >= 15 is 0 Å². The molecule has 92 valence electrons. The smallest absolute Gasteiger partial charge is 0.272 e. The summed E-state index contributed by atoms with van der Waals surface area (Å²) in [6.45, 7) is 0. The zero-order valence-corrected chi connectivity index (χ0v) is 9.14. The third-order valence-electron chi connectivity index (χ3n) is 2.84. The minimum Gasteiger partial charge on any atom is -0.487 e. The number of benzene rings is 1. The standard InChI is InChI=1S/C11H13FN2O3/c12-10-6-8(14(15)16)2-4-11(10)17-9-3-1-7(13)5-9/h2,4,6-7,9H,1,3,5,13H2. The summed E-state index contributed by atoms with van der Waals surface area (Å²) in [5.41, 5.74) is 5.44. The number of rotatable bonds is 3. The van der Waals surface area contributed by atoms with Crippen LogP contribution < -0.4 is 10.5 Å². The van der Waals surface area contributed by atoms with E-state index in [1.165, 1.54) is 12.1 Å². The first-order valence-electron chi connectivity index (χ1n) is 5.42. The summed E-state index contributed by atoms with van der Waals surface area (Å²) < 4.78 is 18.9. The summed E-state index contributed by atoms with van der Waals surface area (Å²) in [6, 6.07) is 3.48. The maximum Gasteiger partial charge on any atom is 0.272 e. The third-order valence-corrected chi connectivity index (χ3v) is 2.84. The van der Waals surface area contributed by atoms with Crippen LogP contribution in [0.3, 0.4) is 0 Å². The van der Waals surface area contributed by atoms with Crippen molar-refractivity contribution in [2.24, 2.45) is 5.73 Å². The maximum atomic E-state index is 13.5. The highest BCUT2D eigenvalue weighted by Crippen LogP contribution is 2.27. The average molecular weight is 240 g/mol. The normalized spacial score (nSPS) is 23.6. The molecule has 0 heterocycles. The number of nitro groups is 1. The Hall–Kier alpha value is -1.69. The maximum absolute atomic E-state index is 13.5. The fraction of sp³-hybridized carbons (Fsp3) is 0.455. The monoisotopic (exact) mass is 240 g/mol. The van der Waals surface area contributed by atoms with Crippen LogP contribution in [-0.4, -0.2) is 17.1 Å². The summed E-state index contributed by atoms with van der Waals surface area (Å²) in [7, 11) is 0. The van der Waals surface area contributed by atoms with Crippen molar-refractivity contribution in [3.8, 4) is 5.75 Å². The number of hydrogen-bond acceptors (Lipinski definition) is 4. The second-order valence-corrected chi connectivity index (χ2v) is 4.18. The SMILES string of the molecule is NC1CCC(Oc2ccc([N+](=O)[O-])cc2F)C1. The van der Waals surface area contributed by atoms with E-state index in [9.17, 15) is 14.5 Å². The number of nitro benzene ring substituents is 1. The molecule has 2 atom stereocenters. The van der Waals surface area contributed by atoms with Crippen molar-refractivity contribution in [2.75, 3.05) is 0 Å². The molecule has 2 rings (SSSR count). The van der Waals surface area contributed by atoms with Gasteiger partial charge in [-0.1, -0.05) is 0 Å². The van der Waals surface area contributed by atoms with Crippen LogP contribution in [0.1, 0.15) is 19.3 Å². The van der Waals surface area contributed by atoms with Crippen molar-refractivity contribution in [3.63, 3.8) is 0 Å². The van der Waals surface area contributed by atoms with E-state index in [1.54, 1.807) is 0 Å². The summed E-state index contributed by atoms with van der Waals surface area (Å²) in [6.07, 6.45) is 2.24. The molecular formula is C11H13FN2O3. The van der Waals surface area contributed by atoms with E-state index in [-0.39, 0.29) is 23.6 Å². The molecule has 1 aliphatic rings. The minimum absolute atomic E-state index is 0.0506. The molecule has 17 heavy (non-hydrogen) atoms. The van der Waals surface area contributed by atoms with Crippen molar-refractivity contribution in [2.45, 2.75) is 31.4 Å². The molecule has 0 aliphatic heterocycles. The van der Waals surface area contributed by atoms with Crippen molar-refractivity contribution >= 4 is 5.69 Å². The molecule has 0 aromatic heterocycles. The topological polar surface area (TPSA) is 78.4 Å². The highest BCUT2D eigenvalue weighted by molar-refractivity contribution is 5.37. The van der Waals surface area contributed by atoms with Crippen molar-refractivity contribution in [3.05, 3.63) is 34.1 Å². The van der Waals surface area contributed by atoms with E-state index in [0.29, 0.717) is 6.42 Å². The Bertz CT molecular complexity index is 439. The summed E-state index contributed by atoms with van der Waals surface area (Å²) >= 11 is 0. The molecule has 2 unspecified atom stereocenters. The van der Waals surface area contributed by atoms with Gasteiger partial charge in [-0.05, 0) is 25.3 Å². The van der Waals surface area contributed by atoms with Crippen molar-refractivity contribution in [1.29, 1.82) is 0 Å². The van der Waals surface area contributed by atoms with Gasteiger partial charge < -0.3 is 10.5 Å². The molecule has 0 saturated heterocycles. The number of hydrogen-bond donors (Lipinski definition) is 1. The molecular weight excluding hydrogens is 227 g/mol. The molecule has 1 aliphatic carbocycles. The second kappa shape index (κ2) is 4.67. The molecule has 1 saturated carbocycles. The first-order valence-corrected chi connectivity index (χ1v) is 5.42. The molecule has 0 radical (unpaired) electrons. The molecule has 0 amide bonds. The highest BCUT2D eigenvalue weighted by atomic mass is 19.1. The van der Waals surface area contributed by atoms with Crippen molar-refractivity contribution < 1.29 is 14.1 Å². The third kappa shape index (κ3) is 2.71. The summed E-state index contributed by atoms with van der Waals surface area (Å²) in [5.74, 6) is -0.658. The van der Waals surface area contributed by atoms with Crippen molar-refractivity contribution in [1.82, 2.24) is 0 Å². The molecule has 2 N–H and O–H groups in total. The number of non-ortho nitro benzene ring substituents is 1. The Morgan fingerprint density at radius 3 is 2.76 bits per heavy atom. The van der Waals surface area contributed by atoms with Gasteiger partial charge in [0.15, 0.2) is 11.6 Å². The zero-order valence-electron chi connectivity index (χ0n) is 9.14. The lowest BCUT2D eigenvalue weighted by Crippen LogP contribution is -2.19. The largest absolute Gasteiger partial charge is 0.487 e. The zero-order chi connectivity index (χ0) is 12.4. The quantitative estimate of drug-likeness (QED) is 0.647. The van der Waals surface area contributed by atoms with E-state index < -0.39 is 10.7 Å². The van der Waals surface area contributed by atoms with Gasteiger partial charge in [-0.2, -0.15) is 0 Å². The van der Waals surface area contributed by atoms with Gasteiger partial charge in [0.05, 0.1) is 11.0 Å². The number of nitrogens with two attached hydrogens (primary N) is 1. The van der Waals surface area contributed by atoms with E-state index in [4.69, 9.17) is 10.5 Å². The molecule has 6 heteroatoms. The molecule has 0 spiro atoms. The van der Waals surface area contributed by atoms with E-state index in [2.05, 4.69) is 0 Å². The fourth-order valence-corrected chi connectivity index (χ4v) is 1.96. The van der Waals surface area contributed by atoms with Gasteiger partial charge in [-0.15, -0.1) is 0 Å². The predicted octanol–water partition coefficient (Wildman–Crippen LogP) is 1.99. The highest BCUT2D eigenvalue weighted by Gasteiger charge is 2.24. The van der Waals surface area contributed by atoms with Crippen LogP contribution in [0, 0.1) is 15.9 Å². The first-order chi connectivity index (χ1) is 8.06. The van der Waals surface area contributed by atoms with Crippen LogP contribution >= 0.6 is 0 Å². The molecule has 1 aromatic rings. The van der Waals surface area contributed by atoms with Crippen LogP contribution in [0.5, 0.6) is 5.75 Å². The Morgan fingerprint density at radius 1 is 1.47 bits per heavy atom. The van der Waals surface area contributed by atoms with Crippen LogP contribution in [-0.2, 0) is 0 Å². The molecule has 1 fully saturated rings.